The zero-order valence-corrected chi connectivity index (χ0v) is 20.9. The maximum Gasteiger partial charge on any atom is 0.536 e. The lowest BCUT2D eigenvalue weighted by Crippen LogP contribution is -2.55. The predicted octanol–water partition coefficient (Wildman–Crippen LogP) is 3.42. The highest BCUT2D eigenvalue weighted by Crippen LogP contribution is 2.18. The minimum Gasteiger partial charge on any atom is -0.374 e. The molecular formula is C20H37NO6Si2. The summed E-state index contributed by atoms with van der Waals surface area (Å²) >= 11 is 0. The Labute approximate surface area is 178 Å². The maximum absolute atomic E-state index is 6.73. The van der Waals surface area contributed by atoms with Crippen LogP contribution in [-0.2, 0) is 26.6 Å². The maximum atomic E-state index is 6.73. The van der Waals surface area contributed by atoms with E-state index in [2.05, 4.69) is 4.85 Å². The third kappa shape index (κ3) is 9.06. The van der Waals surface area contributed by atoms with Crippen molar-refractivity contribution in [2.75, 3.05) is 47.7 Å². The van der Waals surface area contributed by atoms with Gasteiger partial charge in [-0.1, -0.05) is 24.3 Å². The molecule has 1 rings (SSSR count). The molecule has 0 aliphatic heterocycles. The van der Waals surface area contributed by atoms with Gasteiger partial charge in [-0.05, 0) is 33.3 Å². The molecule has 0 spiro atoms. The fourth-order valence-electron chi connectivity index (χ4n) is 2.87. The number of nitrogens with zero attached hydrogens (tertiary/aromatic N) is 1. The normalized spacial score (nSPS) is 11.5. The Hall–Kier alpha value is -1.10. The molecule has 0 aliphatic carbocycles. The van der Waals surface area contributed by atoms with E-state index in [-0.39, 0.29) is 0 Å². The minimum atomic E-state index is -2.64. The fraction of sp³-hybridized carbons (Fsp3) is 0.650. The standard InChI is InChI=1S/C10H21NO3Si.C10H16O3Si/c1-5-12-15(13-6-2,14-7-3)10-8-9-11-4;1-9-7-5-6-8-10(9)14(11-2,12-3)13-4/h5-10H2,1-3H3;5-8H,1-4H3. The molecule has 166 valence electrons. The second kappa shape index (κ2) is 15.7. The largest absolute Gasteiger partial charge is 0.536 e. The van der Waals surface area contributed by atoms with Gasteiger partial charge in [-0.2, -0.15) is 0 Å². The van der Waals surface area contributed by atoms with E-state index in [9.17, 15) is 0 Å². The minimum absolute atomic E-state index is 0.516. The highest BCUT2D eigenvalue weighted by Gasteiger charge is 2.41. The van der Waals surface area contributed by atoms with Crippen LogP contribution in [0.4, 0.5) is 0 Å². The van der Waals surface area contributed by atoms with Gasteiger partial charge in [0.1, 0.15) is 0 Å². The molecule has 7 nitrogen and oxygen atoms in total. The van der Waals surface area contributed by atoms with Crippen LogP contribution in [0.5, 0.6) is 0 Å². The average Bonchev–Trinajstić information content (AvgIpc) is 2.72. The van der Waals surface area contributed by atoms with Crippen LogP contribution in [0.3, 0.4) is 0 Å². The van der Waals surface area contributed by atoms with E-state index in [1.54, 1.807) is 21.3 Å². The number of rotatable bonds is 13. The van der Waals surface area contributed by atoms with Crippen LogP contribution in [0.2, 0.25) is 6.04 Å². The highest BCUT2D eigenvalue weighted by atomic mass is 28.4. The van der Waals surface area contributed by atoms with Crippen molar-refractivity contribution in [1.82, 2.24) is 0 Å². The van der Waals surface area contributed by atoms with Crippen LogP contribution in [0.25, 0.3) is 4.85 Å². The van der Waals surface area contributed by atoms with Crippen molar-refractivity contribution < 1.29 is 26.6 Å². The lowest BCUT2D eigenvalue weighted by Gasteiger charge is -2.27. The van der Waals surface area contributed by atoms with Crippen LogP contribution < -0.4 is 5.19 Å². The molecule has 0 atom stereocenters. The number of hydrogen-bond donors (Lipinski definition) is 0. The molecule has 0 aliphatic rings. The van der Waals surface area contributed by atoms with Crippen molar-refractivity contribution in [1.29, 1.82) is 0 Å². The van der Waals surface area contributed by atoms with Crippen molar-refractivity contribution in [2.45, 2.75) is 40.2 Å². The molecule has 29 heavy (non-hydrogen) atoms. The van der Waals surface area contributed by atoms with Gasteiger partial charge in [0.05, 0.1) is 0 Å². The molecule has 0 fully saturated rings. The zero-order valence-electron chi connectivity index (χ0n) is 18.9. The first-order valence-corrected chi connectivity index (χ1v) is 13.6. The van der Waals surface area contributed by atoms with Crippen molar-refractivity contribution in [2.24, 2.45) is 0 Å². The molecule has 1 aromatic carbocycles. The smallest absolute Gasteiger partial charge is 0.374 e. The lowest BCUT2D eigenvalue weighted by atomic mass is 10.2. The number of aryl methyl sites for hydroxylation is 1. The Morgan fingerprint density at radius 3 is 1.72 bits per heavy atom. The van der Waals surface area contributed by atoms with Gasteiger partial charge in [-0.25, -0.2) is 6.57 Å². The van der Waals surface area contributed by atoms with Crippen LogP contribution in [-0.4, -0.2) is 65.3 Å². The Kier molecular flexibility index (Phi) is 15.1. The van der Waals surface area contributed by atoms with E-state index in [0.29, 0.717) is 26.4 Å². The second-order valence-electron chi connectivity index (χ2n) is 5.95. The molecule has 0 saturated heterocycles. The van der Waals surface area contributed by atoms with Gasteiger partial charge in [0.2, 0.25) is 6.54 Å². The Balaban J connectivity index is 0.000000541. The monoisotopic (exact) mass is 443 g/mol. The van der Waals surface area contributed by atoms with Gasteiger partial charge in [0, 0.05) is 58.8 Å². The first-order valence-electron chi connectivity index (χ1n) is 9.91. The van der Waals surface area contributed by atoms with E-state index in [1.807, 2.05) is 52.0 Å². The Morgan fingerprint density at radius 2 is 1.34 bits per heavy atom. The van der Waals surface area contributed by atoms with Crippen molar-refractivity contribution >= 4 is 22.8 Å². The second-order valence-corrected chi connectivity index (χ2v) is 11.6. The molecule has 0 radical (unpaired) electrons. The molecule has 0 unspecified atom stereocenters. The first-order chi connectivity index (χ1) is 13.9. The summed E-state index contributed by atoms with van der Waals surface area (Å²) in [6, 6.07) is 8.69. The molecule has 0 saturated carbocycles. The van der Waals surface area contributed by atoms with Gasteiger partial charge in [0.25, 0.3) is 0 Å². The summed E-state index contributed by atoms with van der Waals surface area (Å²) in [4.78, 5) is 3.32. The van der Waals surface area contributed by atoms with Crippen LogP contribution in [0.1, 0.15) is 32.8 Å². The molecule has 0 heterocycles. The van der Waals surface area contributed by atoms with E-state index >= 15 is 0 Å². The molecule has 9 heteroatoms. The summed E-state index contributed by atoms with van der Waals surface area (Å²) in [5, 5.41) is 1.02. The third-order valence-electron chi connectivity index (χ3n) is 4.13. The third-order valence-corrected chi connectivity index (χ3v) is 10.1. The lowest BCUT2D eigenvalue weighted by molar-refractivity contribution is 0.0711. The van der Waals surface area contributed by atoms with Gasteiger partial charge >= 0.3 is 17.6 Å². The van der Waals surface area contributed by atoms with Crippen molar-refractivity contribution in [3.8, 4) is 0 Å². The molecule has 0 aromatic heterocycles. The van der Waals surface area contributed by atoms with Gasteiger partial charge in [0.15, 0.2) is 0 Å². The van der Waals surface area contributed by atoms with E-state index < -0.39 is 17.6 Å². The van der Waals surface area contributed by atoms with E-state index in [0.717, 1.165) is 23.2 Å². The highest BCUT2D eigenvalue weighted by molar-refractivity contribution is 6.75. The summed E-state index contributed by atoms with van der Waals surface area (Å²) in [5.74, 6) is 0. The predicted molar refractivity (Wildman–Crippen MR) is 119 cm³/mol. The summed E-state index contributed by atoms with van der Waals surface area (Å²) in [5.41, 5.74) is 1.13. The van der Waals surface area contributed by atoms with Crippen LogP contribution in [0.15, 0.2) is 24.3 Å². The average molecular weight is 444 g/mol. The molecule has 0 amide bonds. The molecular weight excluding hydrogens is 406 g/mol. The summed E-state index contributed by atoms with van der Waals surface area (Å²) < 4.78 is 33.1. The quantitative estimate of drug-likeness (QED) is 0.264. The molecule has 0 bridgehead atoms. The Morgan fingerprint density at radius 1 is 0.862 bits per heavy atom. The molecule has 1 aromatic rings. The van der Waals surface area contributed by atoms with Crippen molar-refractivity contribution in [3.05, 3.63) is 41.2 Å². The summed E-state index contributed by atoms with van der Waals surface area (Å²) in [6.07, 6.45) is 0.787. The van der Waals surface area contributed by atoms with Crippen LogP contribution >= 0.6 is 0 Å². The van der Waals surface area contributed by atoms with Crippen LogP contribution in [0, 0.1) is 13.5 Å². The summed E-state index contributed by atoms with van der Waals surface area (Å²) in [6.45, 7) is 16.9. The fourth-order valence-corrected chi connectivity index (χ4v) is 7.49. The summed E-state index contributed by atoms with van der Waals surface area (Å²) in [7, 11) is -0.264. The first kappa shape index (κ1) is 27.9. The van der Waals surface area contributed by atoms with E-state index in [1.165, 1.54) is 0 Å². The molecule has 0 N–H and O–H groups in total. The number of hydrogen-bond acceptors (Lipinski definition) is 6. The van der Waals surface area contributed by atoms with E-state index in [4.69, 9.17) is 33.1 Å². The number of benzene rings is 1. The van der Waals surface area contributed by atoms with Gasteiger partial charge in [-0.15, -0.1) is 0 Å². The van der Waals surface area contributed by atoms with Crippen molar-refractivity contribution in [3.63, 3.8) is 0 Å². The SMILES string of the molecule is CO[Si](OC)(OC)c1ccccc1C.[C-]#[N+]CCC[Si](OCC)(OCC)OCC. The van der Waals surface area contributed by atoms with Gasteiger partial charge in [-0.3, -0.25) is 0 Å². The Bertz CT molecular complexity index is 567. The van der Waals surface area contributed by atoms with Gasteiger partial charge < -0.3 is 31.4 Å². The topological polar surface area (TPSA) is 59.7 Å². The zero-order chi connectivity index (χ0) is 22.2.